The van der Waals surface area contributed by atoms with Crippen molar-refractivity contribution >= 4 is 23.7 Å². The number of likely N-dealkylation sites (N-methyl/N-ethyl adjacent to an activating group) is 1. The normalized spacial score (nSPS) is 13.9. The van der Waals surface area contributed by atoms with E-state index in [1.165, 1.54) is 0 Å². The number of aliphatic hydroxyl groups excluding tert-OH is 2. The molecule has 27 heavy (non-hydrogen) atoms. The van der Waals surface area contributed by atoms with Crippen molar-refractivity contribution in [2.75, 3.05) is 33.2 Å². The van der Waals surface area contributed by atoms with Gasteiger partial charge >= 0.3 is 5.97 Å². The average molecular weight is 391 g/mol. The standard InChI is InChI=1S/C15H29N5O7/c1-17-4-5-18-11(22)3-2-10(21)13(25)15(27)20-7-6-19-14(26)9(16)8-12(23)24/h9-10,13,17,21,25H,2-8,16H2,1H3,(H,18,22)(H,19,26)(H,20,27)(H,23,24). The Morgan fingerprint density at radius 3 is 2.04 bits per heavy atom. The van der Waals surface area contributed by atoms with Gasteiger partial charge in [-0.2, -0.15) is 0 Å². The third-order valence-electron chi connectivity index (χ3n) is 3.45. The lowest BCUT2D eigenvalue weighted by molar-refractivity contribution is -0.139. The van der Waals surface area contributed by atoms with E-state index in [1.54, 1.807) is 7.05 Å². The van der Waals surface area contributed by atoms with Gasteiger partial charge in [0.25, 0.3) is 5.91 Å². The molecule has 0 fully saturated rings. The van der Waals surface area contributed by atoms with Crippen LogP contribution < -0.4 is 27.0 Å². The molecule has 0 radical (unpaired) electrons. The summed E-state index contributed by atoms with van der Waals surface area (Å²) in [6.07, 6.45) is -3.81. The number of aliphatic hydroxyl groups is 2. The third-order valence-corrected chi connectivity index (χ3v) is 3.45. The van der Waals surface area contributed by atoms with Gasteiger partial charge < -0.3 is 42.3 Å². The van der Waals surface area contributed by atoms with Crippen LogP contribution in [0, 0.1) is 0 Å². The van der Waals surface area contributed by atoms with Crippen LogP contribution in [-0.2, 0) is 19.2 Å². The first-order chi connectivity index (χ1) is 12.7. The highest BCUT2D eigenvalue weighted by atomic mass is 16.4. The number of nitrogens with one attached hydrogen (secondary N) is 4. The average Bonchev–Trinajstić information content (AvgIpc) is 2.61. The smallest absolute Gasteiger partial charge is 0.305 e. The van der Waals surface area contributed by atoms with Crippen molar-refractivity contribution < 1.29 is 34.5 Å². The number of carboxylic acid groups (broad SMARTS) is 1. The molecule has 0 aliphatic carbocycles. The topological polar surface area (TPSA) is 203 Å². The summed E-state index contributed by atoms with van der Waals surface area (Å²) in [5, 5.41) is 38.1. The fourth-order valence-electron chi connectivity index (χ4n) is 1.91. The van der Waals surface area contributed by atoms with Crippen LogP contribution in [-0.4, -0.2) is 90.5 Å². The molecule has 0 aliphatic heterocycles. The van der Waals surface area contributed by atoms with Gasteiger partial charge in [0.1, 0.15) is 0 Å². The number of hydrogen-bond donors (Lipinski definition) is 8. The Balaban J connectivity index is 4.01. The van der Waals surface area contributed by atoms with E-state index in [-0.39, 0.29) is 31.8 Å². The minimum absolute atomic E-state index is 0.0332. The highest BCUT2D eigenvalue weighted by Gasteiger charge is 2.24. The number of aliphatic carboxylic acids is 1. The van der Waals surface area contributed by atoms with Crippen molar-refractivity contribution in [1.82, 2.24) is 21.3 Å². The summed E-state index contributed by atoms with van der Waals surface area (Å²) < 4.78 is 0. The van der Waals surface area contributed by atoms with Crippen LogP contribution in [0.2, 0.25) is 0 Å². The van der Waals surface area contributed by atoms with Gasteiger partial charge in [0.15, 0.2) is 6.10 Å². The summed E-state index contributed by atoms with van der Waals surface area (Å²) in [5.41, 5.74) is 5.35. The van der Waals surface area contributed by atoms with Crippen molar-refractivity contribution in [3.05, 3.63) is 0 Å². The maximum Gasteiger partial charge on any atom is 0.305 e. The zero-order chi connectivity index (χ0) is 20.8. The van der Waals surface area contributed by atoms with Crippen molar-refractivity contribution in [1.29, 1.82) is 0 Å². The lowest BCUT2D eigenvalue weighted by Gasteiger charge is -2.17. The van der Waals surface area contributed by atoms with Crippen LogP contribution in [0.5, 0.6) is 0 Å². The van der Waals surface area contributed by atoms with Crippen LogP contribution >= 0.6 is 0 Å². The van der Waals surface area contributed by atoms with Gasteiger partial charge in [-0.1, -0.05) is 0 Å². The van der Waals surface area contributed by atoms with Crippen molar-refractivity contribution in [3.8, 4) is 0 Å². The number of hydrogen-bond acceptors (Lipinski definition) is 8. The molecule has 3 atom stereocenters. The number of carboxylic acids is 1. The van der Waals surface area contributed by atoms with Gasteiger partial charge in [-0.3, -0.25) is 19.2 Å². The molecule has 0 saturated heterocycles. The number of nitrogens with two attached hydrogens (primary N) is 1. The van der Waals surface area contributed by atoms with Gasteiger partial charge in [-0.15, -0.1) is 0 Å². The van der Waals surface area contributed by atoms with Crippen LogP contribution in [0.25, 0.3) is 0 Å². The van der Waals surface area contributed by atoms with Crippen molar-refractivity contribution in [3.63, 3.8) is 0 Å². The van der Waals surface area contributed by atoms with E-state index in [1.807, 2.05) is 0 Å². The quantitative estimate of drug-likeness (QED) is 0.135. The molecule has 0 rings (SSSR count). The van der Waals surface area contributed by atoms with Gasteiger partial charge in [0, 0.05) is 32.6 Å². The number of amides is 3. The molecule has 156 valence electrons. The largest absolute Gasteiger partial charge is 0.481 e. The van der Waals surface area contributed by atoms with Crippen LogP contribution in [0.3, 0.4) is 0 Å². The Hall–Kier alpha value is -2.28. The molecule has 3 amide bonds. The molecule has 0 spiro atoms. The van der Waals surface area contributed by atoms with E-state index in [0.29, 0.717) is 13.1 Å². The molecule has 3 unspecified atom stereocenters. The van der Waals surface area contributed by atoms with E-state index in [9.17, 15) is 29.4 Å². The van der Waals surface area contributed by atoms with Crippen LogP contribution in [0.1, 0.15) is 19.3 Å². The second-order valence-electron chi connectivity index (χ2n) is 5.79. The second kappa shape index (κ2) is 13.9. The summed E-state index contributed by atoms with van der Waals surface area (Å²) in [4.78, 5) is 45.1. The fraction of sp³-hybridized carbons (Fsp3) is 0.733. The predicted octanol–water partition coefficient (Wildman–Crippen LogP) is -4.14. The zero-order valence-electron chi connectivity index (χ0n) is 15.2. The van der Waals surface area contributed by atoms with Gasteiger partial charge in [-0.25, -0.2) is 0 Å². The SMILES string of the molecule is CNCCNC(=O)CCC(O)C(O)C(=O)NCCNC(=O)C(N)CC(=O)O. The highest BCUT2D eigenvalue weighted by molar-refractivity contribution is 5.86. The molecule has 0 aromatic carbocycles. The Labute approximate surface area is 156 Å². The minimum Gasteiger partial charge on any atom is -0.481 e. The number of carbonyl (C=O) groups is 4. The first-order valence-electron chi connectivity index (χ1n) is 8.49. The zero-order valence-corrected chi connectivity index (χ0v) is 15.2. The van der Waals surface area contributed by atoms with Crippen molar-refractivity contribution in [2.45, 2.75) is 37.5 Å². The van der Waals surface area contributed by atoms with E-state index in [0.717, 1.165) is 0 Å². The first kappa shape index (κ1) is 24.7. The summed E-state index contributed by atoms with van der Waals surface area (Å²) >= 11 is 0. The summed E-state index contributed by atoms with van der Waals surface area (Å²) in [5.74, 6) is -3.06. The second-order valence-corrected chi connectivity index (χ2v) is 5.79. The molecule has 0 aliphatic rings. The van der Waals surface area contributed by atoms with E-state index in [2.05, 4.69) is 21.3 Å². The van der Waals surface area contributed by atoms with Gasteiger partial charge in [0.05, 0.1) is 18.6 Å². The monoisotopic (exact) mass is 391 g/mol. The lowest BCUT2D eigenvalue weighted by Crippen LogP contribution is -2.47. The Morgan fingerprint density at radius 1 is 0.926 bits per heavy atom. The van der Waals surface area contributed by atoms with E-state index >= 15 is 0 Å². The Bertz CT molecular complexity index is 503. The predicted molar refractivity (Wildman–Crippen MR) is 94.4 cm³/mol. The summed E-state index contributed by atoms with van der Waals surface area (Å²) in [6, 6.07) is -1.20. The molecule has 0 bridgehead atoms. The Morgan fingerprint density at radius 2 is 1.48 bits per heavy atom. The summed E-state index contributed by atoms with van der Waals surface area (Å²) in [7, 11) is 1.74. The molecular formula is C15H29N5O7. The van der Waals surface area contributed by atoms with Crippen LogP contribution in [0.4, 0.5) is 0 Å². The molecule has 12 heteroatoms. The first-order valence-corrected chi connectivity index (χ1v) is 8.49. The molecule has 9 N–H and O–H groups in total. The van der Waals surface area contributed by atoms with E-state index in [4.69, 9.17) is 10.8 Å². The fourth-order valence-corrected chi connectivity index (χ4v) is 1.91. The Kier molecular flexibility index (Phi) is 12.7. The molecule has 0 heterocycles. The van der Waals surface area contributed by atoms with Crippen LogP contribution in [0.15, 0.2) is 0 Å². The minimum atomic E-state index is -1.72. The molecule has 0 aromatic heterocycles. The number of rotatable bonds is 14. The van der Waals surface area contributed by atoms with E-state index < -0.39 is 42.5 Å². The lowest BCUT2D eigenvalue weighted by atomic mass is 10.1. The molecular weight excluding hydrogens is 362 g/mol. The molecule has 0 saturated carbocycles. The highest BCUT2D eigenvalue weighted by Crippen LogP contribution is 2.03. The van der Waals surface area contributed by atoms with Gasteiger partial charge in [0.2, 0.25) is 11.8 Å². The maximum atomic E-state index is 11.7. The maximum absolute atomic E-state index is 11.7. The van der Waals surface area contributed by atoms with Crippen molar-refractivity contribution in [2.24, 2.45) is 5.73 Å². The summed E-state index contributed by atoms with van der Waals surface area (Å²) in [6.45, 7) is 0.931. The third kappa shape index (κ3) is 11.9. The van der Waals surface area contributed by atoms with Gasteiger partial charge in [-0.05, 0) is 13.5 Å². The molecule has 12 nitrogen and oxygen atoms in total. The number of carbonyl (C=O) groups excluding carboxylic acids is 3. The molecule has 0 aromatic rings.